The molecule has 3 atom stereocenters. The van der Waals surface area contributed by atoms with E-state index in [0.29, 0.717) is 31.2 Å². The van der Waals surface area contributed by atoms with Crippen molar-refractivity contribution in [1.82, 2.24) is 10.3 Å². The topological polar surface area (TPSA) is 110 Å². The third-order valence-corrected chi connectivity index (χ3v) is 5.50. The highest BCUT2D eigenvalue weighted by Gasteiger charge is 2.34. The molecule has 2 saturated heterocycles. The van der Waals surface area contributed by atoms with Crippen molar-refractivity contribution < 1.29 is 24.2 Å². The summed E-state index contributed by atoms with van der Waals surface area (Å²) in [5.41, 5.74) is 0. The Bertz CT molecular complexity index is 591. The minimum Gasteiger partial charge on any atom is -0.394 e. The van der Waals surface area contributed by atoms with Crippen molar-refractivity contribution in [2.45, 2.75) is 50.4 Å². The number of anilines is 1. The Morgan fingerprint density at radius 3 is 2.77 bits per heavy atom. The number of aliphatic hydroxyl groups excluding tert-OH is 1. The Kier molecular flexibility index (Phi) is 6.95. The maximum Gasteiger partial charge on any atom is 0.228 e. The normalized spacial score (nSPS) is 27.0. The van der Waals surface area contributed by atoms with Gasteiger partial charge in [-0.25, -0.2) is 4.98 Å². The molecule has 8 nitrogen and oxygen atoms in total. The number of amides is 2. The summed E-state index contributed by atoms with van der Waals surface area (Å²) >= 11 is 1.36. The fraction of sp³-hybridized carbons (Fsp3) is 0.706. The molecule has 2 fully saturated rings. The van der Waals surface area contributed by atoms with Gasteiger partial charge in [-0.3, -0.25) is 9.59 Å². The Balaban J connectivity index is 1.46. The largest absolute Gasteiger partial charge is 0.394 e. The number of hydrogen-bond acceptors (Lipinski definition) is 7. The smallest absolute Gasteiger partial charge is 0.228 e. The van der Waals surface area contributed by atoms with E-state index >= 15 is 0 Å². The first-order valence-electron chi connectivity index (χ1n) is 8.99. The van der Waals surface area contributed by atoms with Crippen LogP contribution in [0.4, 0.5) is 5.13 Å². The van der Waals surface area contributed by atoms with Crippen LogP contribution in [0, 0.1) is 5.92 Å². The number of aromatic nitrogens is 1. The molecule has 0 spiro atoms. The number of carbonyl (C=O) groups is 2. The van der Waals surface area contributed by atoms with Crippen LogP contribution in [0.1, 0.15) is 32.1 Å². The third kappa shape index (κ3) is 5.23. The number of rotatable bonds is 6. The molecule has 144 valence electrons. The van der Waals surface area contributed by atoms with E-state index in [9.17, 15) is 14.7 Å². The maximum absolute atomic E-state index is 12.4. The molecule has 0 bridgehead atoms. The number of hydrogen-bond donors (Lipinski definition) is 3. The summed E-state index contributed by atoms with van der Waals surface area (Å²) in [6.45, 7) is 1.03. The summed E-state index contributed by atoms with van der Waals surface area (Å²) in [6.07, 6.45) is 3.84. The number of carbonyl (C=O) groups excluding carboxylic acids is 2. The Labute approximate surface area is 156 Å². The second-order valence-electron chi connectivity index (χ2n) is 6.65. The van der Waals surface area contributed by atoms with E-state index in [0.717, 1.165) is 12.8 Å². The summed E-state index contributed by atoms with van der Waals surface area (Å²) in [4.78, 5) is 28.5. The molecule has 1 aromatic rings. The predicted octanol–water partition coefficient (Wildman–Crippen LogP) is 0.923. The molecule has 0 radical (unpaired) electrons. The van der Waals surface area contributed by atoms with E-state index in [-0.39, 0.29) is 42.9 Å². The molecule has 2 amide bonds. The van der Waals surface area contributed by atoms with Crippen LogP contribution in [0.25, 0.3) is 0 Å². The minimum absolute atomic E-state index is 0.000290. The van der Waals surface area contributed by atoms with Gasteiger partial charge in [-0.1, -0.05) is 0 Å². The third-order valence-electron chi connectivity index (χ3n) is 4.81. The Morgan fingerprint density at radius 1 is 1.27 bits per heavy atom. The highest BCUT2D eigenvalue weighted by Crippen LogP contribution is 2.24. The molecule has 3 heterocycles. The monoisotopic (exact) mass is 383 g/mol. The lowest BCUT2D eigenvalue weighted by molar-refractivity contribution is -0.137. The van der Waals surface area contributed by atoms with Crippen LogP contribution in [-0.2, 0) is 19.1 Å². The van der Waals surface area contributed by atoms with Gasteiger partial charge in [-0.15, -0.1) is 11.3 Å². The quantitative estimate of drug-likeness (QED) is 0.674. The predicted molar refractivity (Wildman–Crippen MR) is 95.8 cm³/mol. The van der Waals surface area contributed by atoms with E-state index in [1.165, 1.54) is 11.3 Å². The van der Waals surface area contributed by atoms with Crippen LogP contribution >= 0.6 is 11.3 Å². The van der Waals surface area contributed by atoms with Crippen LogP contribution in [0.2, 0.25) is 0 Å². The van der Waals surface area contributed by atoms with Gasteiger partial charge in [-0.2, -0.15) is 0 Å². The van der Waals surface area contributed by atoms with Crippen LogP contribution in [0.3, 0.4) is 0 Å². The molecule has 26 heavy (non-hydrogen) atoms. The van der Waals surface area contributed by atoms with Crippen LogP contribution in [0.15, 0.2) is 11.6 Å². The van der Waals surface area contributed by atoms with Crippen molar-refractivity contribution in [1.29, 1.82) is 0 Å². The van der Waals surface area contributed by atoms with Crippen LogP contribution in [0.5, 0.6) is 0 Å². The lowest BCUT2D eigenvalue weighted by atomic mass is 9.94. The molecular weight excluding hydrogens is 358 g/mol. The second kappa shape index (κ2) is 9.40. The van der Waals surface area contributed by atoms with E-state index in [4.69, 9.17) is 9.47 Å². The number of aliphatic hydroxyl groups is 1. The van der Waals surface area contributed by atoms with Gasteiger partial charge >= 0.3 is 0 Å². The van der Waals surface area contributed by atoms with Gasteiger partial charge in [-0.05, 0) is 25.7 Å². The first kappa shape index (κ1) is 19.2. The zero-order valence-corrected chi connectivity index (χ0v) is 15.4. The van der Waals surface area contributed by atoms with Crippen molar-refractivity contribution >= 4 is 28.3 Å². The average Bonchev–Trinajstić information content (AvgIpc) is 3.16. The van der Waals surface area contributed by atoms with E-state index < -0.39 is 6.10 Å². The highest BCUT2D eigenvalue weighted by atomic mass is 32.1. The Hall–Kier alpha value is -1.55. The number of ether oxygens (including phenoxy) is 2. The van der Waals surface area contributed by atoms with E-state index in [1.807, 2.05) is 0 Å². The molecule has 3 N–H and O–H groups in total. The maximum atomic E-state index is 12.4. The van der Waals surface area contributed by atoms with Crippen molar-refractivity contribution in [3.8, 4) is 0 Å². The Morgan fingerprint density at radius 2 is 2.08 bits per heavy atom. The lowest BCUT2D eigenvalue weighted by Gasteiger charge is -2.36. The first-order chi connectivity index (χ1) is 12.7. The summed E-state index contributed by atoms with van der Waals surface area (Å²) in [5.74, 6) is -0.198. The zero-order chi connectivity index (χ0) is 18.4. The number of thiazole rings is 1. The van der Waals surface area contributed by atoms with Gasteiger partial charge in [0.15, 0.2) is 5.13 Å². The van der Waals surface area contributed by atoms with Gasteiger partial charge in [0.2, 0.25) is 11.8 Å². The number of nitrogens with zero attached hydrogens (tertiary/aromatic N) is 1. The van der Waals surface area contributed by atoms with Gasteiger partial charge in [0.1, 0.15) is 6.10 Å². The van der Waals surface area contributed by atoms with Gasteiger partial charge < -0.3 is 25.2 Å². The molecule has 0 saturated carbocycles. The molecule has 9 heteroatoms. The van der Waals surface area contributed by atoms with Gasteiger partial charge in [0, 0.05) is 30.7 Å². The fourth-order valence-corrected chi connectivity index (χ4v) is 3.91. The molecule has 2 aliphatic heterocycles. The molecule has 0 unspecified atom stereocenters. The van der Waals surface area contributed by atoms with Gasteiger partial charge in [0.25, 0.3) is 0 Å². The summed E-state index contributed by atoms with van der Waals surface area (Å²) in [6, 6.07) is -0.228. The van der Waals surface area contributed by atoms with Crippen LogP contribution < -0.4 is 10.6 Å². The molecular formula is C17H25N3O5S. The summed E-state index contributed by atoms with van der Waals surface area (Å²) in [5, 5.41) is 17.7. The summed E-state index contributed by atoms with van der Waals surface area (Å²) in [7, 11) is 0. The summed E-state index contributed by atoms with van der Waals surface area (Å²) < 4.78 is 11.1. The fourth-order valence-electron chi connectivity index (χ4n) is 3.37. The molecule has 0 aromatic carbocycles. The molecule has 2 aliphatic rings. The first-order valence-corrected chi connectivity index (χ1v) is 9.87. The SMILES string of the molecule is O=C(C[C@H]1CC[C@H](NC(=O)C2CCOCC2)[C@@H](CO)O1)Nc1nccs1. The molecule has 1 aromatic heterocycles. The van der Waals surface area contributed by atoms with Crippen LogP contribution in [-0.4, -0.2) is 60.0 Å². The van der Waals surface area contributed by atoms with E-state index in [1.54, 1.807) is 11.6 Å². The van der Waals surface area contributed by atoms with Crippen molar-refractivity contribution in [2.24, 2.45) is 5.92 Å². The molecule has 0 aliphatic carbocycles. The lowest BCUT2D eigenvalue weighted by Crippen LogP contribution is -2.52. The van der Waals surface area contributed by atoms with Crippen molar-refractivity contribution in [3.63, 3.8) is 0 Å². The number of nitrogens with one attached hydrogen (secondary N) is 2. The minimum atomic E-state index is -0.495. The standard InChI is InChI=1S/C17H25N3O5S/c21-10-14-13(19-16(23)11-3-6-24-7-4-11)2-1-12(25-14)9-15(22)20-17-18-5-8-26-17/h5,8,11-14,21H,1-4,6-7,9-10H2,(H,19,23)(H,18,20,22)/t12-,13+,14-/m1/s1. The van der Waals surface area contributed by atoms with Crippen molar-refractivity contribution in [3.05, 3.63) is 11.6 Å². The second-order valence-corrected chi connectivity index (χ2v) is 7.54. The highest BCUT2D eigenvalue weighted by molar-refractivity contribution is 7.13. The van der Waals surface area contributed by atoms with E-state index in [2.05, 4.69) is 15.6 Å². The van der Waals surface area contributed by atoms with Crippen molar-refractivity contribution in [2.75, 3.05) is 25.1 Å². The molecule has 3 rings (SSSR count). The van der Waals surface area contributed by atoms with Gasteiger partial charge in [0.05, 0.1) is 25.2 Å². The average molecular weight is 383 g/mol. The zero-order valence-electron chi connectivity index (χ0n) is 14.6.